The molecule has 1 amide bonds. The molecule has 2 heterocycles. The van der Waals surface area contributed by atoms with Crippen LogP contribution in [0.1, 0.15) is 72.9 Å². The summed E-state index contributed by atoms with van der Waals surface area (Å²) in [6, 6.07) is 1.66. The molecule has 1 aromatic rings. The van der Waals surface area contributed by atoms with Crippen LogP contribution in [0.25, 0.3) is 0 Å². The van der Waals surface area contributed by atoms with Crippen LogP contribution in [0.3, 0.4) is 0 Å². The predicted octanol–water partition coefficient (Wildman–Crippen LogP) is 4.77. The average molecular weight is 440 g/mol. The zero-order chi connectivity index (χ0) is 22.8. The number of amides is 1. The molecule has 0 saturated carbocycles. The summed E-state index contributed by atoms with van der Waals surface area (Å²) in [5.41, 5.74) is 0.160. The molecular weight excluding hydrogens is 398 g/mol. The minimum absolute atomic E-state index is 0.114. The summed E-state index contributed by atoms with van der Waals surface area (Å²) in [6.45, 7) is 18.9. The fourth-order valence-corrected chi connectivity index (χ4v) is 4.76. The van der Waals surface area contributed by atoms with Crippen molar-refractivity contribution in [2.24, 2.45) is 0 Å². The molecule has 1 aliphatic heterocycles. The van der Waals surface area contributed by atoms with Gasteiger partial charge in [-0.1, -0.05) is 20.8 Å². The summed E-state index contributed by atoms with van der Waals surface area (Å²) >= 11 is 0. The second kappa shape index (κ2) is 8.90. The number of carbonyl (C=O) groups is 1. The Bertz CT molecular complexity index is 762. The van der Waals surface area contributed by atoms with E-state index in [4.69, 9.17) is 9.16 Å². The first-order chi connectivity index (χ1) is 13.7. The summed E-state index contributed by atoms with van der Waals surface area (Å²) < 4.78 is 11.9. The van der Waals surface area contributed by atoms with Crippen molar-refractivity contribution in [3.63, 3.8) is 0 Å². The van der Waals surface area contributed by atoms with Crippen molar-refractivity contribution >= 4 is 14.4 Å². The van der Waals surface area contributed by atoms with Gasteiger partial charge in [0.25, 0.3) is 5.56 Å². The van der Waals surface area contributed by atoms with Crippen LogP contribution in [-0.4, -0.2) is 54.8 Å². The molecule has 1 aromatic heterocycles. The van der Waals surface area contributed by atoms with Crippen molar-refractivity contribution in [3.05, 3.63) is 22.1 Å². The Hall–Kier alpha value is -1.54. The van der Waals surface area contributed by atoms with E-state index >= 15 is 0 Å². The van der Waals surface area contributed by atoms with Crippen LogP contribution in [0.4, 0.5) is 4.79 Å². The van der Waals surface area contributed by atoms with E-state index in [-0.39, 0.29) is 22.1 Å². The van der Waals surface area contributed by atoms with Gasteiger partial charge in [-0.25, -0.2) is 4.79 Å². The first-order valence-electron chi connectivity index (χ1n) is 11.1. The fourth-order valence-electron chi connectivity index (χ4n) is 3.67. The van der Waals surface area contributed by atoms with Crippen LogP contribution in [0.15, 0.2) is 10.9 Å². The van der Waals surface area contributed by atoms with Gasteiger partial charge < -0.3 is 19.2 Å². The Kier molecular flexibility index (Phi) is 7.34. The molecule has 1 aliphatic rings. The minimum atomic E-state index is -1.77. The molecule has 30 heavy (non-hydrogen) atoms. The highest BCUT2D eigenvalue weighted by atomic mass is 28.4. The van der Waals surface area contributed by atoms with E-state index in [1.54, 1.807) is 11.0 Å². The second-order valence-corrected chi connectivity index (χ2v) is 15.9. The maximum Gasteiger partial charge on any atom is 0.410 e. The third-order valence-electron chi connectivity index (χ3n) is 6.61. The molecule has 1 fully saturated rings. The van der Waals surface area contributed by atoms with Crippen LogP contribution in [0, 0.1) is 0 Å². The van der Waals surface area contributed by atoms with Crippen molar-refractivity contribution in [1.29, 1.82) is 0 Å². The second-order valence-electron chi connectivity index (χ2n) is 11.1. The summed E-state index contributed by atoms with van der Waals surface area (Å²) in [7, 11) is -1.77. The number of rotatable bonds is 6. The van der Waals surface area contributed by atoms with Crippen molar-refractivity contribution in [2.75, 3.05) is 19.7 Å². The maximum atomic E-state index is 12.5. The topological polar surface area (TPSA) is 87.4 Å². The first kappa shape index (κ1) is 24.7. The Balaban J connectivity index is 2.03. The molecule has 2 rings (SSSR count). The third kappa shape index (κ3) is 6.23. The zero-order valence-electron chi connectivity index (χ0n) is 20.1. The highest BCUT2D eigenvalue weighted by Gasteiger charge is 2.40. The van der Waals surface area contributed by atoms with Crippen molar-refractivity contribution < 1.29 is 14.0 Å². The van der Waals surface area contributed by atoms with Crippen LogP contribution in [0.5, 0.6) is 0 Å². The number of likely N-dealkylation sites (tertiary alicyclic amines) is 1. The molecule has 172 valence electrons. The number of H-pyrrole nitrogens is 2. The van der Waals surface area contributed by atoms with Gasteiger partial charge in [-0.15, -0.1) is 0 Å². The molecule has 1 saturated heterocycles. The van der Waals surface area contributed by atoms with Gasteiger partial charge in [0.1, 0.15) is 5.60 Å². The highest BCUT2D eigenvalue weighted by Crippen LogP contribution is 2.40. The van der Waals surface area contributed by atoms with Gasteiger partial charge in [0.05, 0.1) is 0 Å². The van der Waals surface area contributed by atoms with Crippen LogP contribution in [-0.2, 0) is 14.6 Å². The number of ether oxygens (including phenoxy) is 1. The van der Waals surface area contributed by atoms with E-state index in [9.17, 15) is 9.59 Å². The van der Waals surface area contributed by atoms with Crippen molar-refractivity contribution in [1.82, 2.24) is 15.1 Å². The number of aromatic amines is 2. The van der Waals surface area contributed by atoms with Crippen LogP contribution < -0.4 is 5.56 Å². The Labute approximate surface area is 182 Å². The molecule has 0 spiro atoms. The van der Waals surface area contributed by atoms with Crippen molar-refractivity contribution in [3.8, 4) is 0 Å². The molecular formula is C22H41N3O4Si. The van der Waals surface area contributed by atoms with E-state index in [0.717, 1.165) is 38.0 Å². The number of piperidine rings is 1. The van der Waals surface area contributed by atoms with E-state index in [1.807, 2.05) is 20.8 Å². The summed E-state index contributed by atoms with van der Waals surface area (Å²) in [4.78, 5) is 26.0. The van der Waals surface area contributed by atoms with Gasteiger partial charge >= 0.3 is 6.09 Å². The lowest BCUT2D eigenvalue weighted by Gasteiger charge is -2.42. The number of nitrogens with one attached hydrogen (secondary N) is 2. The monoisotopic (exact) mass is 439 g/mol. The summed E-state index contributed by atoms with van der Waals surface area (Å²) in [5, 5.41) is 5.95. The van der Waals surface area contributed by atoms with Gasteiger partial charge in [-0.2, -0.15) is 0 Å². The number of nitrogens with zero attached hydrogens (tertiary/aromatic N) is 1. The lowest BCUT2D eigenvalue weighted by Crippen LogP contribution is -2.47. The largest absolute Gasteiger partial charge is 0.444 e. The molecule has 8 heteroatoms. The van der Waals surface area contributed by atoms with Gasteiger partial charge in [0.15, 0.2) is 8.32 Å². The summed E-state index contributed by atoms with van der Waals surface area (Å²) in [6.07, 6.45) is 3.16. The lowest BCUT2D eigenvalue weighted by molar-refractivity contribution is 0.0153. The third-order valence-corrected chi connectivity index (χ3v) is 11.1. The fraction of sp³-hybridized carbons (Fsp3) is 0.818. The standard InChI is InChI=1S/C22H41N3O4Si/c1-20(2,3)29-19(27)25-13-11-22(12-14-25,17-16-18(26)24-23-17)10-9-15-28-30(7,8)21(4,5)6/h16H,9-15H2,1-8H3,(H2,23,24,26). The zero-order valence-corrected chi connectivity index (χ0v) is 21.1. The van der Waals surface area contributed by atoms with Gasteiger partial charge in [0.2, 0.25) is 0 Å². The predicted molar refractivity (Wildman–Crippen MR) is 123 cm³/mol. The Morgan fingerprint density at radius 3 is 2.20 bits per heavy atom. The number of carbonyl (C=O) groups excluding carboxylic acids is 1. The van der Waals surface area contributed by atoms with E-state index in [0.29, 0.717) is 13.1 Å². The molecule has 0 radical (unpaired) electrons. The van der Waals surface area contributed by atoms with Gasteiger partial charge in [-0.05, 0) is 64.6 Å². The van der Waals surface area contributed by atoms with Crippen LogP contribution in [0.2, 0.25) is 18.1 Å². The quantitative estimate of drug-likeness (QED) is 0.493. The normalized spacial score (nSPS) is 17.8. The summed E-state index contributed by atoms with van der Waals surface area (Å²) in [5.74, 6) is 0. The maximum absolute atomic E-state index is 12.5. The molecule has 0 bridgehead atoms. The molecule has 0 unspecified atom stereocenters. The average Bonchev–Trinajstić information content (AvgIpc) is 3.04. The SMILES string of the molecule is CC(C)(C)OC(=O)N1CCC(CCCO[Si](C)(C)C(C)(C)C)(c2cc(=O)[nH][nH]2)CC1. The lowest BCUT2D eigenvalue weighted by atomic mass is 9.72. The number of hydrogen-bond donors (Lipinski definition) is 2. The van der Waals surface area contributed by atoms with E-state index in [2.05, 4.69) is 44.1 Å². The first-order valence-corrected chi connectivity index (χ1v) is 14.0. The van der Waals surface area contributed by atoms with E-state index < -0.39 is 13.9 Å². The molecule has 7 nitrogen and oxygen atoms in total. The van der Waals surface area contributed by atoms with Crippen LogP contribution >= 0.6 is 0 Å². The Morgan fingerprint density at radius 2 is 1.73 bits per heavy atom. The molecule has 0 aliphatic carbocycles. The van der Waals surface area contributed by atoms with Gasteiger partial charge in [0, 0.05) is 36.9 Å². The minimum Gasteiger partial charge on any atom is -0.444 e. The highest BCUT2D eigenvalue weighted by molar-refractivity contribution is 6.74. The smallest absolute Gasteiger partial charge is 0.410 e. The molecule has 2 N–H and O–H groups in total. The molecule has 0 atom stereocenters. The number of aromatic nitrogens is 2. The number of hydrogen-bond acceptors (Lipinski definition) is 4. The van der Waals surface area contributed by atoms with E-state index in [1.165, 1.54) is 0 Å². The van der Waals surface area contributed by atoms with Crippen molar-refractivity contribution in [2.45, 2.75) is 96.4 Å². The Morgan fingerprint density at radius 1 is 1.13 bits per heavy atom. The molecule has 0 aromatic carbocycles. The van der Waals surface area contributed by atoms with Gasteiger partial charge in [-0.3, -0.25) is 9.89 Å².